The molecule has 0 saturated heterocycles. The second kappa shape index (κ2) is 6.76. The SMILES string of the molecule is O=C(NCC(F)(F)C(F)F)NC1CCCCC1C(=O)O. The van der Waals surface area contributed by atoms with E-state index in [0.717, 1.165) is 0 Å². The van der Waals surface area contributed by atoms with E-state index in [0.29, 0.717) is 25.7 Å². The average molecular weight is 300 g/mol. The van der Waals surface area contributed by atoms with Crippen molar-refractivity contribution in [1.82, 2.24) is 10.6 Å². The van der Waals surface area contributed by atoms with Crippen molar-refractivity contribution in [2.24, 2.45) is 5.92 Å². The number of amides is 2. The number of rotatable bonds is 5. The van der Waals surface area contributed by atoms with Crippen LogP contribution in [0.4, 0.5) is 22.4 Å². The van der Waals surface area contributed by atoms with E-state index in [4.69, 9.17) is 5.11 Å². The lowest BCUT2D eigenvalue weighted by molar-refractivity contribution is -0.143. The highest BCUT2D eigenvalue weighted by atomic mass is 19.3. The summed E-state index contributed by atoms with van der Waals surface area (Å²) in [7, 11) is 0. The van der Waals surface area contributed by atoms with Gasteiger partial charge in [0.2, 0.25) is 0 Å². The lowest BCUT2D eigenvalue weighted by atomic mass is 9.84. The molecular formula is C11H16F4N2O3. The highest BCUT2D eigenvalue weighted by Gasteiger charge is 2.41. The number of urea groups is 1. The molecular weight excluding hydrogens is 284 g/mol. The molecule has 116 valence electrons. The van der Waals surface area contributed by atoms with Gasteiger partial charge in [0.25, 0.3) is 0 Å². The zero-order chi connectivity index (χ0) is 15.3. The average Bonchev–Trinajstić information content (AvgIpc) is 2.36. The number of hydrogen-bond acceptors (Lipinski definition) is 2. The summed E-state index contributed by atoms with van der Waals surface area (Å²) in [6.07, 6.45) is -1.66. The van der Waals surface area contributed by atoms with Crippen LogP contribution in [-0.2, 0) is 4.79 Å². The molecule has 1 rings (SSSR count). The fourth-order valence-electron chi connectivity index (χ4n) is 2.09. The number of nitrogens with one attached hydrogen (secondary N) is 2. The Morgan fingerprint density at radius 1 is 1.25 bits per heavy atom. The molecule has 0 aliphatic heterocycles. The van der Waals surface area contributed by atoms with Gasteiger partial charge in [-0.25, -0.2) is 13.6 Å². The van der Waals surface area contributed by atoms with Gasteiger partial charge in [-0.15, -0.1) is 0 Å². The summed E-state index contributed by atoms with van der Waals surface area (Å²) in [6.45, 7) is -1.50. The third-order valence-corrected chi connectivity index (χ3v) is 3.20. The highest BCUT2D eigenvalue weighted by molar-refractivity contribution is 5.76. The molecule has 1 fully saturated rings. The minimum atomic E-state index is -4.31. The fraction of sp³-hybridized carbons (Fsp3) is 0.818. The minimum absolute atomic E-state index is 0.382. The molecule has 0 spiro atoms. The van der Waals surface area contributed by atoms with Gasteiger partial charge in [0, 0.05) is 6.04 Å². The molecule has 0 radical (unpaired) electrons. The molecule has 2 unspecified atom stereocenters. The van der Waals surface area contributed by atoms with Gasteiger partial charge in [-0.2, -0.15) is 8.78 Å². The molecule has 20 heavy (non-hydrogen) atoms. The summed E-state index contributed by atoms with van der Waals surface area (Å²) >= 11 is 0. The van der Waals surface area contributed by atoms with Gasteiger partial charge in [0.1, 0.15) is 0 Å². The molecule has 9 heteroatoms. The smallest absolute Gasteiger partial charge is 0.324 e. The van der Waals surface area contributed by atoms with Crippen LogP contribution in [-0.4, -0.2) is 42.0 Å². The van der Waals surface area contributed by atoms with Crippen molar-refractivity contribution in [2.75, 3.05) is 6.54 Å². The van der Waals surface area contributed by atoms with Crippen LogP contribution < -0.4 is 10.6 Å². The molecule has 0 bridgehead atoms. The van der Waals surface area contributed by atoms with E-state index in [1.54, 1.807) is 5.32 Å². The van der Waals surface area contributed by atoms with Crippen LogP contribution in [0.3, 0.4) is 0 Å². The Morgan fingerprint density at radius 3 is 2.40 bits per heavy atom. The third-order valence-electron chi connectivity index (χ3n) is 3.20. The van der Waals surface area contributed by atoms with E-state index in [1.165, 1.54) is 0 Å². The third kappa shape index (κ3) is 4.53. The lowest BCUT2D eigenvalue weighted by Crippen LogP contribution is -2.51. The molecule has 5 nitrogen and oxygen atoms in total. The van der Waals surface area contributed by atoms with E-state index in [2.05, 4.69) is 5.32 Å². The van der Waals surface area contributed by atoms with E-state index in [-0.39, 0.29) is 0 Å². The van der Waals surface area contributed by atoms with Crippen molar-refractivity contribution < 1.29 is 32.3 Å². The van der Waals surface area contributed by atoms with E-state index in [9.17, 15) is 27.2 Å². The van der Waals surface area contributed by atoms with Gasteiger partial charge in [0.05, 0.1) is 12.5 Å². The summed E-state index contributed by atoms with van der Waals surface area (Å²) in [5, 5.41) is 12.9. The van der Waals surface area contributed by atoms with Crippen molar-refractivity contribution in [3.05, 3.63) is 0 Å². The van der Waals surface area contributed by atoms with Crippen molar-refractivity contribution in [1.29, 1.82) is 0 Å². The molecule has 1 saturated carbocycles. The molecule has 0 heterocycles. The van der Waals surface area contributed by atoms with Crippen LogP contribution in [0, 0.1) is 5.92 Å². The van der Waals surface area contributed by atoms with Crippen molar-refractivity contribution >= 4 is 12.0 Å². The molecule has 2 atom stereocenters. The van der Waals surface area contributed by atoms with Crippen LogP contribution in [0.2, 0.25) is 0 Å². The molecule has 1 aliphatic carbocycles. The molecule has 1 aliphatic rings. The molecule has 3 N–H and O–H groups in total. The predicted octanol–water partition coefficient (Wildman–Crippen LogP) is 1.83. The fourth-order valence-corrected chi connectivity index (χ4v) is 2.09. The summed E-state index contributed by atoms with van der Waals surface area (Å²) in [4.78, 5) is 22.3. The largest absolute Gasteiger partial charge is 0.481 e. The Kier molecular flexibility index (Phi) is 5.58. The van der Waals surface area contributed by atoms with Crippen LogP contribution in [0.1, 0.15) is 25.7 Å². The number of carbonyl (C=O) groups is 2. The van der Waals surface area contributed by atoms with Crippen molar-refractivity contribution in [2.45, 2.75) is 44.1 Å². The van der Waals surface area contributed by atoms with E-state index < -0.39 is 42.9 Å². The van der Waals surface area contributed by atoms with Gasteiger partial charge in [-0.05, 0) is 12.8 Å². The predicted molar refractivity (Wildman–Crippen MR) is 60.9 cm³/mol. The highest BCUT2D eigenvalue weighted by Crippen LogP contribution is 2.25. The second-order valence-corrected chi connectivity index (χ2v) is 4.72. The zero-order valence-corrected chi connectivity index (χ0v) is 10.5. The number of carboxylic acids is 1. The number of hydrogen-bond donors (Lipinski definition) is 3. The van der Waals surface area contributed by atoms with Gasteiger partial charge in [-0.3, -0.25) is 4.79 Å². The van der Waals surface area contributed by atoms with Crippen molar-refractivity contribution in [3.8, 4) is 0 Å². The summed E-state index contributed by atoms with van der Waals surface area (Å²) in [5.74, 6) is -6.17. The van der Waals surface area contributed by atoms with Crippen LogP contribution in [0.25, 0.3) is 0 Å². The Labute approximate surface area is 112 Å². The Balaban J connectivity index is 2.47. The molecule has 0 aromatic rings. The van der Waals surface area contributed by atoms with Crippen LogP contribution >= 0.6 is 0 Å². The monoisotopic (exact) mass is 300 g/mol. The Hall–Kier alpha value is -1.54. The Morgan fingerprint density at radius 2 is 1.85 bits per heavy atom. The summed E-state index contributed by atoms with van der Waals surface area (Å²) < 4.78 is 49.0. The van der Waals surface area contributed by atoms with Gasteiger partial charge in [0.15, 0.2) is 0 Å². The lowest BCUT2D eigenvalue weighted by Gasteiger charge is -2.29. The second-order valence-electron chi connectivity index (χ2n) is 4.72. The Bertz CT molecular complexity index is 366. The topological polar surface area (TPSA) is 78.4 Å². The minimum Gasteiger partial charge on any atom is -0.481 e. The van der Waals surface area contributed by atoms with Crippen LogP contribution in [0.15, 0.2) is 0 Å². The maximum absolute atomic E-state index is 12.6. The number of carbonyl (C=O) groups excluding carboxylic acids is 1. The number of carboxylic acid groups (broad SMARTS) is 1. The summed E-state index contributed by atoms with van der Waals surface area (Å²) in [5.41, 5.74) is 0. The van der Waals surface area contributed by atoms with Gasteiger partial charge in [-0.1, -0.05) is 12.8 Å². The van der Waals surface area contributed by atoms with Gasteiger partial charge < -0.3 is 15.7 Å². The standard InChI is InChI=1S/C11H16F4N2O3/c12-9(13)11(14,15)5-16-10(20)17-7-4-2-1-3-6(7)8(18)19/h6-7,9H,1-5H2,(H,18,19)(H2,16,17,20). The quantitative estimate of drug-likeness (QED) is 0.678. The number of halogens is 4. The van der Waals surface area contributed by atoms with Crippen LogP contribution in [0.5, 0.6) is 0 Å². The maximum Gasteiger partial charge on any atom is 0.324 e. The van der Waals surface area contributed by atoms with E-state index >= 15 is 0 Å². The first-order chi connectivity index (χ1) is 9.24. The first kappa shape index (κ1) is 16.5. The molecule has 0 aromatic carbocycles. The van der Waals surface area contributed by atoms with Crippen molar-refractivity contribution in [3.63, 3.8) is 0 Å². The molecule has 0 aromatic heterocycles. The normalized spacial score (nSPS) is 23.4. The number of aliphatic carboxylic acids is 1. The molecule has 2 amide bonds. The summed E-state index contributed by atoms with van der Waals surface area (Å²) in [6, 6.07) is -1.75. The zero-order valence-electron chi connectivity index (χ0n) is 10.5. The first-order valence-corrected chi connectivity index (χ1v) is 6.17. The first-order valence-electron chi connectivity index (χ1n) is 6.17. The maximum atomic E-state index is 12.6. The van der Waals surface area contributed by atoms with E-state index in [1.807, 2.05) is 0 Å². The number of alkyl halides is 4. The van der Waals surface area contributed by atoms with Gasteiger partial charge >= 0.3 is 24.3 Å².